The Kier molecular flexibility index (Phi) is 7.25. The number of nitrogens with zero attached hydrogens (tertiary/aromatic N) is 3. The first-order valence-corrected chi connectivity index (χ1v) is 13.0. The number of aromatic amines is 1. The summed E-state index contributed by atoms with van der Waals surface area (Å²) < 4.78 is 0. The van der Waals surface area contributed by atoms with Crippen LogP contribution < -0.4 is 10.2 Å². The maximum atomic E-state index is 12.9. The van der Waals surface area contributed by atoms with Crippen molar-refractivity contribution in [3.63, 3.8) is 0 Å². The fourth-order valence-corrected chi connectivity index (χ4v) is 5.04. The van der Waals surface area contributed by atoms with Crippen LogP contribution in [0.5, 0.6) is 0 Å². The van der Waals surface area contributed by atoms with Gasteiger partial charge in [0.25, 0.3) is 0 Å². The molecule has 1 aliphatic heterocycles. The predicted octanol–water partition coefficient (Wildman–Crippen LogP) is 5.15. The van der Waals surface area contributed by atoms with Gasteiger partial charge in [0, 0.05) is 44.4 Å². The van der Waals surface area contributed by atoms with E-state index >= 15 is 0 Å². The van der Waals surface area contributed by atoms with Gasteiger partial charge in [0.15, 0.2) is 5.78 Å². The number of carbonyl (C=O) groups is 2. The number of anilines is 2. The van der Waals surface area contributed by atoms with Gasteiger partial charge < -0.3 is 15.1 Å². The third-order valence-electron chi connectivity index (χ3n) is 6.44. The van der Waals surface area contributed by atoms with E-state index < -0.39 is 0 Å². The number of Topliss-reactive ketones (excluding diaryl/α,β-unsaturated/α-hetero) is 1. The third-order valence-corrected chi connectivity index (χ3v) is 7.35. The highest BCUT2D eigenvalue weighted by molar-refractivity contribution is 7.12. The topological polar surface area (TPSA) is 81.3 Å². The smallest absolute Gasteiger partial charge is 0.224 e. The van der Waals surface area contributed by atoms with Gasteiger partial charge in [-0.1, -0.05) is 42.5 Å². The van der Waals surface area contributed by atoms with Crippen LogP contribution in [0.2, 0.25) is 0 Å². The molecule has 1 fully saturated rings. The van der Waals surface area contributed by atoms with E-state index in [1.54, 1.807) is 6.07 Å². The van der Waals surface area contributed by atoms with Crippen LogP contribution in [0.3, 0.4) is 0 Å². The van der Waals surface area contributed by atoms with Crippen molar-refractivity contribution in [3.05, 3.63) is 76.1 Å². The van der Waals surface area contributed by atoms with Gasteiger partial charge in [-0.15, -0.1) is 11.3 Å². The van der Waals surface area contributed by atoms with Crippen molar-refractivity contribution in [1.82, 2.24) is 15.1 Å². The van der Waals surface area contributed by atoms with E-state index in [1.807, 2.05) is 60.0 Å². The number of aromatic nitrogens is 2. The number of carbonyl (C=O) groups excluding carboxylic acids is 2. The van der Waals surface area contributed by atoms with Gasteiger partial charge in [-0.05, 0) is 42.3 Å². The molecule has 2 aromatic heterocycles. The van der Waals surface area contributed by atoms with Gasteiger partial charge >= 0.3 is 0 Å². The second-order valence-corrected chi connectivity index (χ2v) is 9.95. The van der Waals surface area contributed by atoms with E-state index in [1.165, 1.54) is 11.3 Å². The standard InChI is InChI=1S/C28H29N5O2S/c1-32-13-15-33(16-14-32)25-19-23-21(22(30-31-23)10-9-20-6-3-2-4-7-20)18-24(25)29-28(35)12-11-26(34)27-8-5-17-36-27/h2-10,17-19H,11-16H2,1H3,(H,29,35)(H,30,31). The second-order valence-electron chi connectivity index (χ2n) is 9.01. The van der Waals surface area contributed by atoms with E-state index in [0.717, 1.165) is 59.7 Å². The lowest BCUT2D eigenvalue weighted by Gasteiger charge is -2.35. The van der Waals surface area contributed by atoms with Crippen LogP contribution >= 0.6 is 11.3 Å². The molecule has 0 saturated carbocycles. The molecule has 8 heteroatoms. The van der Waals surface area contributed by atoms with Crippen molar-refractivity contribution in [2.75, 3.05) is 43.4 Å². The second kappa shape index (κ2) is 10.9. The number of fused-ring (bicyclic) bond motifs is 1. The lowest BCUT2D eigenvalue weighted by molar-refractivity contribution is -0.116. The van der Waals surface area contributed by atoms with Crippen LogP contribution in [-0.2, 0) is 4.79 Å². The molecule has 1 amide bonds. The molecule has 0 unspecified atom stereocenters. The quantitative estimate of drug-likeness (QED) is 0.328. The molecular formula is C28H29N5O2S. The van der Waals surface area contributed by atoms with E-state index in [9.17, 15) is 9.59 Å². The van der Waals surface area contributed by atoms with Crippen molar-refractivity contribution in [1.29, 1.82) is 0 Å². The van der Waals surface area contributed by atoms with Crippen LogP contribution in [0.25, 0.3) is 23.1 Å². The average Bonchev–Trinajstić information content (AvgIpc) is 3.57. The molecule has 0 bridgehead atoms. The van der Waals surface area contributed by atoms with Gasteiger partial charge in [0.2, 0.25) is 5.91 Å². The van der Waals surface area contributed by atoms with Crippen molar-refractivity contribution in [3.8, 4) is 0 Å². The number of nitrogens with one attached hydrogen (secondary N) is 2. The van der Waals surface area contributed by atoms with Gasteiger partial charge in [0.1, 0.15) is 0 Å². The summed E-state index contributed by atoms with van der Waals surface area (Å²) in [5, 5.41) is 13.6. The Morgan fingerprint density at radius 2 is 1.83 bits per heavy atom. The zero-order chi connectivity index (χ0) is 24.9. The van der Waals surface area contributed by atoms with Crippen LogP contribution in [0.1, 0.15) is 33.8 Å². The molecule has 184 valence electrons. The van der Waals surface area contributed by atoms with Gasteiger partial charge in [-0.3, -0.25) is 14.7 Å². The fraction of sp³-hybridized carbons (Fsp3) is 0.250. The summed E-state index contributed by atoms with van der Waals surface area (Å²) in [5.74, 6) is -0.169. The van der Waals surface area contributed by atoms with E-state index in [0.29, 0.717) is 4.88 Å². The first-order chi connectivity index (χ1) is 17.6. The fourth-order valence-electron chi connectivity index (χ4n) is 4.35. The number of H-pyrrole nitrogens is 1. The number of rotatable bonds is 8. The Bertz CT molecular complexity index is 1370. The average molecular weight is 500 g/mol. The van der Waals surface area contributed by atoms with Crippen LogP contribution in [-0.4, -0.2) is 60.0 Å². The lowest BCUT2D eigenvalue weighted by Crippen LogP contribution is -2.44. The number of ketones is 1. The minimum absolute atomic E-state index is 0.00179. The zero-order valence-corrected chi connectivity index (χ0v) is 21.1. The summed E-state index contributed by atoms with van der Waals surface area (Å²) in [6, 6.07) is 17.8. The Hall–Kier alpha value is -3.75. The summed E-state index contributed by atoms with van der Waals surface area (Å²) >= 11 is 1.41. The molecule has 2 N–H and O–H groups in total. The highest BCUT2D eigenvalue weighted by Gasteiger charge is 2.21. The molecule has 1 aliphatic rings. The number of likely N-dealkylation sites (N-methyl/N-ethyl adjacent to an activating group) is 1. The number of benzene rings is 2. The summed E-state index contributed by atoms with van der Waals surface area (Å²) in [6.45, 7) is 3.65. The SMILES string of the molecule is CN1CCN(c2cc3[nH]nc(C=Cc4ccccc4)c3cc2NC(=O)CCC(=O)c2cccs2)CC1. The highest BCUT2D eigenvalue weighted by Crippen LogP contribution is 2.33. The van der Waals surface area contributed by atoms with Crippen LogP contribution in [0, 0.1) is 0 Å². The summed E-state index contributed by atoms with van der Waals surface area (Å²) in [5.41, 5.74) is 4.53. The van der Waals surface area contributed by atoms with Gasteiger partial charge in [0.05, 0.1) is 27.5 Å². The molecule has 0 aliphatic carbocycles. The van der Waals surface area contributed by atoms with Crippen LogP contribution in [0.4, 0.5) is 11.4 Å². The van der Waals surface area contributed by atoms with Crippen molar-refractivity contribution in [2.45, 2.75) is 12.8 Å². The Morgan fingerprint density at radius 1 is 1.03 bits per heavy atom. The van der Waals surface area contributed by atoms with Crippen LogP contribution in [0.15, 0.2) is 60.0 Å². The molecule has 1 saturated heterocycles. The number of hydrogen-bond donors (Lipinski definition) is 2. The molecule has 3 heterocycles. The van der Waals surface area contributed by atoms with Crippen molar-refractivity contribution >= 4 is 57.5 Å². The van der Waals surface area contributed by atoms with Crippen molar-refractivity contribution < 1.29 is 9.59 Å². The minimum atomic E-state index is -0.167. The minimum Gasteiger partial charge on any atom is -0.367 e. The first kappa shape index (κ1) is 24.0. The van der Waals surface area contributed by atoms with E-state index in [4.69, 9.17) is 0 Å². The monoisotopic (exact) mass is 499 g/mol. The molecule has 0 radical (unpaired) electrons. The Morgan fingerprint density at radius 3 is 2.58 bits per heavy atom. The number of amides is 1. The number of thiophene rings is 1. The first-order valence-electron chi connectivity index (χ1n) is 12.1. The summed E-state index contributed by atoms with van der Waals surface area (Å²) in [6.07, 6.45) is 4.34. The molecule has 36 heavy (non-hydrogen) atoms. The molecular weight excluding hydrogens is 470 g/mol. The van der Waals surface area contributed by atoms with E-state index in [2.05, 4.69) is 38.4 Å². The number of hydrogen-bond acceptors (Lipinski definition) is 6. The van der Waals surface area contributed by atoms with Crippen molar-refractivity contribution in [2.24, 2.45) is 0 Å². The molecule has 0 spiro atoms. The normalized spacial score (nSPS) is 14.5. The molecule has 4 aromatic rings. The molecule has 2 aromatic carbocycles. The molecule has 7 nitrogen and oxygen atoms in total. The summed E-state index contributed by atoms with van der Waals surface area (Å²) in [4.78, 5) is 30.6. The maximum Gasteiger partial charge on any atom is 0.224 e. The predicted molar refractivity (Wildman–Crippen MR) is 148 cm³/mol. The third kappa shape index (κ3) is 5.56. The maximum absolute atomic E-state index is 12.9. The number of piperazine rings is 1. The van der Waals surface area contributed by atoms with Gasteiger partial charge in [-0.2, -0.15) is 5.10 Å². The Balaban J connectivity index is 1.41. The Labute approximate surface area is 214 Å². The van der Waals surface area contributed by atoms with Gasteiger partial charge in [-0.25, -0.2) is 0 Å². The summed E-state index contributed by atoms with van der Waals surface area (Å²) in [7, 11) is 2.12. The lowest BCUT2D eigenvalue weighted by atomic mass is 10.1. The zero-order valence-electron chi connectivity index (χ0n) is 20.2. The molecule has 5 rings (SSSR count). The highest BCUT2D eigenvalue weighted by atomic mass is 32.1. The largest absolute Gasteiger partial charge is 0.367 e. The van der Waals surface area contributed by atoms with E-state index in [-0.39, 0.29) is 24.5 Å². The molecule has 0 atom stereocenters.